The van der Waals surface area contributed by atoms with Crippen LogP contribution < -0.4 is 0 Å². The highest BCUT2D eigenvalue weighted by Gasteiger charge is 2.22. The Kier molecular flexibility index (Phi) is 4.98. The summed E-state index contributed by atoms with van der Waals surface area (Å²) in [6.45, 7) is 4.81. The van der Waals surface area contributed by atoms with Crippen LogP contribution in [0.4, 0.5) is 0 Å². The third-order valence-corrected chi connectivity index (χ3v) is 3.03. The minimum Gasteiger partial charge on any atom is -0.383 e. The van der Waals surface area contributed by atoms with Crippen LogP contribution in [0.25, 0.3) is 0 Å². The first-order valence-corrected chi connectivity index (χ1v) is 6.25. The maximum atomic E-state index is 5.26. The Labute approximate surface area is 103 Å². The van der Waals surface area contributed by atoms with Crippen LogP contribution in [0.1, 0.15) is 12.0 Å². The molecule has 0 amide bonds. The van der Waals surface area contributed by atoms with Crippen molar-refractivity contribution in [2.75, 3.05) is 33.4 Å². The summed E-state index contributed by atoms with van der Waals surface area (Å²) in [4.78, 5) is 2.43. The molecule has 3 nitrogen and oxygen atoms in total. The van der Waals surface area contributed by atoms with Gasteiger partial charge in [-0.05, 0) is 12.0 Å². The molecule has 0 aliphatic carbocycles. The highest BCUT2D eigenvalue weighted by Crippen LogP contribution is 2.14. The third kappa shape index (κ3) is 4.86. The SMILES string of the molecule is COCCN(CCC1CO1)Cc1ccccc1. The molecule has 1 atom stereocenters. The predicted molar refractivity (Wildman–Crippen MR) is 68.0 cm³/mol. The summed E-state index contributed by atoms with van der Waals surface area (Å²) < 4.78 is 10.4. The molecule has 2 rings (SSSR count). The average Bonchev–Trinajstić information content (AvgIpc) is 3.18. The van der Waals surface area contributed by atoms with Gasteiger partial charge in [0.2, 0.25) is 0 Å². The number of epoxide rings is 1. The predicted octanol–water partition coefficient (Wildman–Crippen LogP) is 1.92. The van der Waals surface area contributed by atoms with Crippen LogP contribution in [0.3, 0.4) is 0 Å². The van der Waals surface area contributed by atoms with Crippen LogP contribution >= 0.6 is 0 Å². The van der Waals surface area contributed by atoms with Crippen LogP contribution in [0, 0.1) is 0 Å². The van der Waals surface area contributed by atoms with Gasteiger partial charge in [0.15, 0.2) is 0 Å². The highest BCUT2D eigenvalue weighted by atomic mass is 16.6. The number of methoxy groups -OCH3 is 1. The van der Waals surface area contributed by atoms with Gasteiger partial charge in [0.1, 0.15) is 0 Å². The minimum atomic E-state index is 0.510. The molecule has 1 aliphatic rings. The fourth-order valence-corrected chi connectivity index (χ4v) is 1.89. The Morgan fingerprint density at radius 2 is 2.06 bits per heavy atom. The lowest BCUT2D eigenvalue weighted by molar-refractivity contribution is 0.141. The standard InChI is InChI=1S/C14H21NO2/c1-16-10-9-15(8-7-14-12-17-14)11-13-5-3-2-4-6-13/h2-6,14H,7-12H2,1H3. The number of rotatable bonds is 8. The van der Waals surface area contributed by atoms with Crippen LogP contribution in [0.15, 0.2) is 30.3 Å². The number of hydrogen-bond donors (Lipinski definition) is 0. The molecule has 0 aromatic heterocycles. The molecule has 0 spiro atoms. The molecule has 0 N–H and O–H groups in total. The van der Waals surface area contributed by atoms with Crippen LogP contribution in [0.5, 0.6) is 0 Å². The van der Waals surface area contributed by atoms with E-state index in [0.717, 1.165) is 39.3 Å². The van der Waals surface area contributed by atoms with E-state index in [9.17, 15) is 0 Å². The third-order valence-electron chi connectivity index (χ3n) is 3.03. The van der Waals surface area contributed by atoms with Crippen LogP contribution in [0.2, 0.25) is 0 Å². The zero-order valence-electron chi connectivity index (χ0n) is 10.5. The first kappa shape index (κ1) is 12.6. The molecular formula is C14H21NO2. The first-order chi connectivity index (χ1) is 8.38. The molecule has 3 heteroatoms. The van der Waals surface area contributed by atoms with Crippen LogP contribution in [-0.4, -0.2) is 44.4 Å². The zero-order valence-corrected chi connectivity index (χ0v) is 10.5. The number of benzene rings is 1. The molecule has 1 unspecified atom stereocenters. The summed E-state index contributed by atoms with van der Waals surface area (Å²) in [7, 11) is 1.75. The van der Waals surface area contributed by atoms with E-state index in [4.69, 9.17) is 9.47 Å². The van der Waals surface area contributed by atoms with Gasteiger partial charge in [0, 0.05) is 26.7 Å². The molecule has 1 fully saturated rings. The van der Waals surface area contributed by atoms with Gasteiger partial charge in [-0.25, -0.2) is 0 Å². The summed E-state index contributed by atoms with van der Waals surface area (Å²) in [6.07, 6.45) is 1.65. The van der Waals surface area contributed by atoms with Gasteiger partial charge in [-0.1, -0.05) is 30.3 Å². The smallest absolute Gasteiger partial charge is 0.0822 e. The highest BCUT2D eigenvalue weighted by molar-refractivity contribution is 5.14. The summed E-state index contributed by atoms with van der Waals surface area (Å²) >= 11 is 0. The fraction of sp³-hybridized carbons (Fsp3) is 0.571. The Morgan fingerprint density at radius 3 is 2.71 bits per heavy atom. The molecule has 0 saturated carbocycles. The Balaban J connectivity index is 1.80. The van der Waals surface area contributed by atoms with Crippen molar-refractivity contribution in [1.29, 1.82) is 0 Å². The zero-order chi connectivity index (χ0) is 11.9. The van der Waals surface area contributed by atoms with E-state index >= 15 is 0 Å². The molecule has 1 aromatic rings. The second kappa shape index (κ2) is 6.74. The minimum absolute atomic E-state index is 0.510. The maximum Gasteiger partial charge on any atom is 0.0822 e. The van der Waals surface area contributed by atoms with E-state index < -0.39 is 0 Å². The van der Waals surface area contributed by atoms with Gasteiger partial charge in [-0.3, -0.25) is 4.90 Å². The van der Waals surface area contributed by atoms with Crippen molar-refractivity contribution in [3.05, 3.63) is 35.9 Å². The molecule has 94 valence electrons. The molecule has 0 radical (unpaired) electrons. The first-order valence-electron chi connectivity index (χ1n) is 6.25. The quantitative estimate of drug-likeness (QED) is 0.644. The second-order valence-corrected chi connectivity index (χ2v) is 4.50. The average molecular weight is 235 g/mol. The van der Waals surface area contributed by atoms with Gasteiger partial charge in [-0.2, -0.15) is 0 Å². The molecule has 1 aliphatic heterocycles. The monoisotopic (exact) mass is 235 g/mol. The second-order valence-electron chi connectivity index (χ2n) is 4.50. The van der Waals surface area contributed by atoms with Crippen molar-refractivity contribution in [2.45, 2.75) is 19.1 Å². The number of hydrogen-bond acceptors (Lipinski definition) is 3. The summed E-state index contributed by atoms with van der Waals surface area (Å²) in [6, 6.07) is 10.6. The van der Waals surface area contributed by atoms with Gasteiger partial charge in [-0.15, -0.1) is 0 Å². The van der Waals surface area contributed by atoms with Gasteiger partial charge < -0.3 is 9.47 Å². The summed E-state index contributed by atoms with van der Waals surface area (Å²) in [5.41, 5.74) is 1.36. The van der Waals surface area contributed by atoms with Gasteiger partial charge >= 0.3 is 0 Å². The van der Waals surface area contributed by atoms with Crippen molar-refractivity contribution in [1.82, 2.24) is 4.90 Å². The molecular weight excluding hydrogens is 214 g/mol. The normalized spacial score (nSPS) is 18.6. The summed E-state index contributed by atoms with van der Waals surface area (Å²) in [5, 5.41) is 0. The Morgan fingerprint density at radius 1 is 1.29 bits per heavy atom. The van der Waals surface area contributed by atoms with Crippen molar-refractivity contribution in [2.24, 2.45) is 0 Å². The van der Waals surface area contributed by atoms with Crippen molar-refractivity contribution >= 4 is 0 Å². The number of nitrogens with zero attached hydrogens (tertiary/aromatic N) is 1. The van der Waals surface area contributed by atoms with E-state index in [-0.39, 0.29) is 0 Å². The Hall–Kier alpha value is -0.900. The van der Waals surface area contributed by atoms with Crippen LogP contribution in [-0.2, 0) is 16.0 Å². The molecule has 1 aromatic carbocycles. The summed E-state index contributed by atoms with van der Waals surface area (Å²) in [5.74, 6) is 0. The topological polar surface area (TPSA) is 25.0 Å². The molecule has 1 heterocycles. The molecule has 1 saturated heterocycles. The van der Waals surface area contributed by atoms with E-state index in [2.05, 4.69) is 35.2 Å². The maximum absolute atomic E-state index is 5.26. The fourth-order valence-electron chi connectivity index (χ4n) is 1.89. The van der Waals surface area contributed by atoms with E-state index in [1.807, 2.05) is 0 Å². The van der Waals surface area contributed by atoms with Crippen molar-refractivity contribution < 1.29 is 9.47 Å². The number of ether oxygens (including phenoxy) is 2. The Bertz CT molecular complexity index is 311. The van der Waals surface area contributed by atoms with E-state index in [1.54, 1.807) is 7.11 Å². The van der Waals surface area contributed by atoms with Gasteiger partial charge in [0.05, 0.1) is 19.3 Å². The molecule has 17 heavy (non-hydrogen) atoms. The van der Waals surface area contributed by atoms with E-state index in [1.165, 1.54) is 5.56 Å². The lowest BCUT2D eigenvalue weighted by atomic mass is 10.2. The van der Waals surface area contributed by atoms with Crippen molar-refractivity contribution in [3.8, 4) is 0 Å². The lowest BCUT2D eigenvalue weighted by Gasteiger charge is -2.21. The molecule has 0 bridgehead atoms. The van der Waals surface area contributed by atoms with E-state index in [0.29, 0.717) is 6.10 Å². The lowest BCUT2D eigenvalue weighted by Crippen LogP contribution is -2.28. The van der Waals surface area contributed by atoms with Gasteiger partial charge in [0.25, 0.3) is 0 Å². The largest absolute Gasteiger partial charge is 0.383 e. The van der Waals surface area contributed by atoms with Crippen molar-refractivity contribution in [3.63, 3.8) is 0 Å².